The van der Waals surface area contributed by atoms with E-state index in [4.69, 9.17) is 18.9 Å². The van der Waals surface area contributed by atoms with Crippen LogP contribution in [0.4, 0.5) is 5.69 Å². The number of cyclic esters (lactones) is 2. The molecule has 2 N–H and O–H groups in total. The van der Waals surface area contributed by atoms with Gasteiger partial charge < -0.3 is 29.1 Å². The van der Waals surface area contributed by atoms with E-state index in [1.54, 1.807) is 18.2 Å². The predicted octanol–water partition coefficient (Wildman–Crippen LogP) is 8.40. The number of fused-ring (bicyclic) bond motifs is 1. The molecular formula is C42H32N2O8S. The number of aliphatic hydroxyl groups excluding tert-OH is 1. The number of benzene rings is 5. The average molecular weight is 725 g/mol. The number of hydrogen-bond donors (Lipinski definition) is 2. The number of nitrogens with zero attached hydrogens (tertiary/aromatic N) is 1. The first kappa shape index (κ1) is 34.2. The fourth-order valence-corrected chi connectivity index (χ4v) is 7.16. The van der Waals surface area contributed by atoms with Gasteiger partial charge in [-0.05, 0) is 41.5 Å². The van der Waals surface area contributed by atoms with Crippen molar-refractivity contribution < 1.29 is 38.1 Å². The summed E-state index contributed by atoms with van der Waals surface area (Å²) < 4.78 is 24.1. The minimum absolute atomic E-state index is 0.0553. The molecule has 0 aliphatic carbocycles. The lowest BCUT2D eigenvalue weighted by molar-refractivity contribution is -0.245. The van der Waals surface area contributed by atoms with E-state index >= 15 is 0 Å². The van der Waals surface area contributed by atoms with Crippen molar-refractivity contribution in [3.63, 3.8) is 0 Å². The van der Waals surface area contributed by atoms with E-state index in [0.717, 1.165) is 27.9 Å². The molecule has 1 amide bonds. The van der Waals surface area contributed by atoms with Crippen molar-refractivity contribution in [2.45, 2.75) is 36.7 Å². The molecule has 0 spiro atoms. The highest BCUT2D eigenvalue weighted by atomic mass is 32.2. The lowest BCUT2D eigenvalue weighted by Gasteiger charge is -2.36. The Bertz CT molecular complexity index is 2240. The summed E-state index contributed by atoms with van der Waals surface area (Å²) in [5.41, 5.74) is 5.95. The van der Waals surface area contributed by atoms with E-state index in [2.05, 4.69) is 10.1 Å². The largest absolute Gasteiger partial charge is 0.431 e. The Kier molecular flexibility index (Phi) is 9.70. The van der Waals surface area contributed by atoms with Crippen LogP contribution in [0, 0.1) is 0 Å². The number of hydrogen-bond acceptors (Lipinski definition) is 10. The van der Waals surface area contributed by atoms with Crippen LogP contribution < -0.4 is 5.32 Å². The van der Waals surface area contributed by atoms with Gasteiger partial charge in [0.2, 0.25) is 0 Å². The van der Waals surface area contributed by atoms with Gasteiger partial charge >= 0.3 is 11.9 Å². The second kappa shape index (κ2) is 15.0. The van der Waals surface area contributed by atoms with Crippen LogP contribution in [-0.2, 0) is 20.8 Å². The van der Waals surface area contributed by atoms with E-state index < -0.39 is 24.1 Å². The molecule has 2 aliphatic heterocycles. The molecular weight excluding hydrogens is 693 g/mol. The molecule has 0 saturated carbocycles. The standard InChI is InChI=1S/C42H32N2O8S/c45-23-25-14-16-26(17-15-25)35-22-32(24-53-42-44-36(27-8-3-1-4-9-27)37(51-42)28-10-5-2-6-11-28)49-41(50-35)30-12-7-13-31(20-30)43-38(46)29-18-19-33-34(21-29)40(48)52-39(33)47/h1-21,32,35,41,45H,22-24H2,(H,43,46)/t32-,35+,41?/m0/s1. The maximum atomic E-state index is 13.2. The van der Waals surface area contributed by atoms with E-state index in [-0.39, 0.29) is 35.5 Å². The van der Waals surface area contributed by atoms with Crippen molar-refractivity contribution in [2.24, 2.45) is 0 Å². The van der Waals surface area contributed by atoms with E-state index in [9.17, 15) is 19.5 Å². The molecule has 0 bridgehead atoms. The Balaban J connectivity index is 1.03. The number of oxazole rings is 1. The molecule has 1 aromatic heterocycles. The van der Waals surface area contributed by atoms with Crippen LogP contribution >= 0.6 is 11.8 Å². The van der Waals surface area contributed by atoms with Gasteiger partial charge in [-0.3, -0.25) is 4.79 Å². The molecule has 1 unspecified atom stereocenters. The number of rotatable bonds is 10. The first-order valence-electron chi connectivity index (χ1n) is 17.0. The summed E-state index contributed by atoms with van der Waals surface area (Å²) in [4.78, 5) is 42.0. The van der Waals surface area contributed by atoms with Crippen LogP contribution in [-0.4, -0.2) is 39.8 Å². The number of carbonyl (C=O) groups is 3. The van der Waals surface area contributed by atoms with Gasteiger partial charge in [0.25, 0.3) is 11.1 Å². The van der Waals surface area contributed by atoms with Crippen molar-refractivity contribution in [3.8, 4) is 22.6 Å². The number of aliphatic hydroxyl groups is 1. The van der Waals surface area contributed by atoms with Crippen molar-refractivity contribution in [1.82, 2.24) is 4.98 Å². The van der Waals surface area contributed by atoms with Crippen molar-refractivity contribution >= 4 is 35.3 Å². The zero-order chi connectivity index (χ0) is 36.3. The number of ether oxygens (including phenoxy) is 3. The quantitative estimate of drug-likeness (QED) is 0.0805. The minimum Gasteiger partial charge on any atom is -0.431 e. The summed E-state index contributed by atoms with van der Waals surface area (Å²) in [6.45, 7) is -0.0604. The average Bonchev–Trinajstić information content (AvgIpc) is 3.77. The fourth-order valence-electron chi connectivity index (χ4n) is 6.32. The lowest BCUT2D eigenvalue weighted by Crippen LogP contribution is -2.31. The van der Waals surface area contributed by atoms with Gasteiger partial charge in [-0.25, -0.2) is 14.6 Å². The Morgan fingerprint density at radius 1 is 0.774 bits per heavy atom. The van der Waals surface area contributed by atoms with Gasteiger partial charge in [-0.15, -0.1) is 0 Å². The number of nitrogens with one attached hydrogen (secondary N) is 1. The Labute approximate surface area is 308 Å². The van der Waals surface area contributed by atoms with Gasteiger partial charge in [0.15, 0.2) is 12.1 Å². The van der Waals surface area contributed by atoms with Crippen molar-refractivity contribution in [3.05, 3.63) is 161 Å². The second-order valence-corrected chi connectivity index (χ2v) is 13.5. The number of thioether (sulfide) groups is 1. The Morgan fingerprint density at radius 2 is 1.51 bits per heavy atom. The second-order valence-electron chi connectivity index (χ2n) is 12.6. The monoisotopic (exact) mass is 724 g/mol. The number of anilines is 1. The molecule has 11 heteroatoms. The number of esters is 2. The van der Waals surface area contributed by atoms with E-state index in [0.29, 0.717) is 34.4 Å². The molecule has 1 fully saturated rings. The van der Waals surface area contributed by atoms with E-state index in [1.807, 2.05) is 91.0 Å². The molecule has 10 nitrogen and oxygen atoms in total. The van der Waals surface area contributed by atoms with Gasteiger partial charge in [0, 0.05) is 40.1 Å². The molecule has 8 rings (SSSR count). The van der Waals surface area contributed by atoms with Crippen molar-refractivity contribution in [1.29, 1.82) is 0 Å². The Morgan fingerprint density at radius 3 is 2.26 bits per heavy atom. The zero-order valence-corrected chi connectivity index (χ0v) is 29.0. The molecule has 264 valence electrons. The van der Waals surface area contributed by atoms with Gasteiger partial charge in [0.05, 0.1) is 29.9 Å². The number of aromatic nitrogens is 1. The van der Waals surface area contributed by atoms with Crippen LogP contribution in [0.25, 0.3) is 22.6 Å². The Hall–Kier alpha value is -5.85. The van der Waals surface area contributed by atoms with Crippen LogP contribution in [0.2, 0.25) is 0 Å². The smallest absolute Gasteiger partial charge is 0.346 e. The summed E-state index contributed by atoms with van der Waals surface area (Å²) >= 11 is 1.47. The third kappa shape index (κ3) is 7.41. The summed E-state index contributed by atoms with van der Waals surface area (Å²) in [6, 6.07) is 38.9. The molecule has 5 aromatic carbocycles. The van der Waals surface area contributed by atoms with E-state index in [1.165, 1.54) is 30.0 Å². The van der Waals surface area contributed by atoms with Crippen LogP contribution in [0.15, 0.2) is 137 Å². The number of amides is 1. The third-order valence-electron chi connectivity index (χ3n) is 9.02. The summed E-state index contributed by atoms with van der Waals surface area (Å²) in [5, 5.41) is 13.0. The molecule has 53 heavy (non-hydrogen) atoms. The normalized spacial score (nSPS) is 18.0. The molecule has 3 atom stereocenters. The van der Waals surface area contributed by atoms with Gasteiger partial charge in [0.1, 0.15) is 5.69 Å². The minimum atomic E-state index is -0.780. The maximum absolute atomic E-state index is 13.2. The topological polar surface area (TPSA) is 137 Å². The molecule has 0 radical (unpaired) electrons. The summed E-state index contributed by atoms with van der Waals surface area (Å²) in [6.07, 6.45) is -0.831. The zero-order valence-electron chi connectivity index (χ0n) is 28.1. The maximum Gasteiger partial charge on any atom is 0.346 e. The SMILES string of the molecule is O=C(Nc1cccc(C2O[C@H](CSc3nc(-c4ccccc4)c(-c4ccccc4)o3)C[C@H](c3ccc(CO)cc3)O2)c1)c1ccc2c(c1)C(=O)OC2=O. The molecule has 3 heterocycles. The highest BCUT2D eigenvalue weighted by Gasteiger charge is 2.34. The van der Waals surface area contributed by atoms with Crippen molar-refractivity contribution in [2.75, 3.05) is 11.1 Å². The highest BCUT2D eigenvalue weighted by Crippen LogP contribution is 2.41. The lowest BCUT2D eigenvalue weighted by atomic mass is 10.0. The summed E-state index contributed by atoms with van der Waals surface area (Å²) in [7, 11) is 0. The first-order chi connectivity index (χ1) is 25.9. The third-order valence-corrected chi connectivity index (χ3v) is 9.98. The molecule has 2 aliphatic rings. The van der Waals surface area contributed by atoms with Gasteiger partial charge in [-0.1, -0.05) is 109 Å². The van der Waals surface area contributed by atoms with Crippen LogP contribution in [0.3, 0.4) is 0 Å². The summed E-state index contributed by atoms with van der Waals surface area (Å²) in [5.74, 6) is -0.759. The van der Waals surface area contributed by atoms with Gasteiger partial charge in [-0.2, -0.15) is 0 Å². The number of carbonyl (C=O) groups excluding carboxylic acids is 3. The predicted molar refractivity (Wildman–Crippen MR) is 197 cm³/mol. The first-order valence-corrected chi connectivity index (χ1v) is 18.0. The molecule has 1 saturated heterocycles. The highest BCUT2D eigenvalue weighted by molar-refractivity contribution is 7.99. The van der Waals surface area contributed by atoms with Crippen LogP contribution in [0.5, 0.6) is 0 Å². The molecule has 6 aromatic rings. The fraction of sp³-hybridized carbons (Fsp3) is 0.143. The van der Waals surface area contributed by atoms with Crippen LogP contribution in [0.1, 0.15) is 66.6 Å².